The number of carbonyl (C=O) groups excluding carboxylic acids is 2. The summed E-state index contributed by atoms with van der Waals surface area (Å²) in [4.78, 5) is 28.2. The molecule has 5 nitrogen and oxygen atoms in total. The maximum absolute atomic E-state index is 13.6. The fourth-order valence-corrected chi connectivity index (χ4v) is 4.21. The quantitative estimate of drug-likeness (QED) is 0.535. The third-order valence-corrected chi connectivity index (χ3v) is 6.13. The Morgan fingerprint density at radius 3 is 2.47 bits per heavy atom. The number of carbonyl (C=O) groups is 2. The van der Waals surface area contributed by atoms with Gasteiger partial charge in [-0.25, -0.2) is 0 Å². The number of ether oxygens (including phenoxy) is 1. The number of halogens is 2. The third-order valence-electron chi connectivity index (χ3n) is 5.52. The smallest absolute Gasteiger partial charge is 0.254 e. The van der Waals surface area contributed by atoms with Gasteiger partial charge in [0, 0.05) is 10.0 Å². The van der Waals surface area contributed by atoms with Gasteiger partial charge in [-0.1, -0.05) is 53.5 Å². The SMILES string of the molecule is COc1ccc(CN2C(=O)C(CCc3ccccc3Cl)NC(=O)c3cc(Cl)ccc32)cc1. The number of nitrogens with one attached hydrogen (secondary N) is 1. The number of nitrogens with zero attached hydrogens (tertiary/aromatic N) is 1. The lowest BCUT2D eigenvalue weighted by atomic mass is 10.0. The lowest BCUT2D eigenvalue weighted by molar-refractivity contribution is -0.120. The van der Waals surface area contributed by atoms with Gasteiger partial charge in [-0.15, -0.1) is 0 Å². The molecule has 0 spiro atoms. The zero-order valence-electron chi connectivity index (χ0n) is 17.5. The molecule has 0 fully saturated rings. The van der Waals surface area contributed by atoms with E-state index in [9.17, 15) is 9.59 Å². The number of benzene rings is 3. The molecule has 1 atom stereocenters. The van der Waals surface area contributed by atoms with Crippen molar-refractivity contribution >= 4 is 40.7 Å². The summed E-state index contributed by atoms with van der Waals surface area (Å²) in [5.41, 5.74) is 2.76. The van der Waals surface area contributed by atoms with Crippen LogP contribution in [0.25, 0.3) is 0 Å². The highest BCUT2D eigenvalue weighted by molar-refractivity contribution is 6.31. The Kier molecular flexibility index (Phi) is 6.68. The molecule has 32 heavy (non-hydrogen) atoms. The van der Waals surface area contributed by atoms with E-state index in [0.717, 1.165) is 16.9 Å². The van der Waals surface area contributed by atoms with Crippen LogP contribution in [0.15, 0.2) is 66.7 Å². The number of hydrogen-bond acceptors (Lipinski definition) is 3. The van der Waals surface area contributed by atoms with E-state index in [1.54, 1.807) is 30.2 Å². The molecule has 3 aromatic rings. The lowest BCUT2D eigenvalue weighted by Crippen LogP contribution is -2.45. The Morgan fingerprint density at radius 1 is 1.00 bits per heavy atom. The largest absolute Gasteiger partial charge is 0.497 e. The minimum atomic E-state index is -0.691. The molecule has 2 amide bonds. The van der Waals surface area contributed by atoms with Crippen LogP contribution in [0.3, 0.4) is 0 Å². The number of hydrogen-bond donors (Lipinski definition) is 1. The minimum absolute atomic E-state index is 0.178. The van der Waals surface area contributed by atoms with Crippen LogP contribution in [0.5, 0.6) is 5.75 Å². The normalized spacial score (nSPS) is 15.7. The van der Waals surface area contributed by atoms with Crippen LogP contribution < -0.4 is 15.0 Å². The van der Waals surface area contributed by atoms with Crippen molar-refractivity contribution in [3.8, 4) is 5.75 Å². The summed E-state index contributed by atoms with van der Waals surface area (Å²) < 4.78 is 5.22. The summed E-state index contributed by atoms with van der Waals surface area (Å²) in [6.45, 7) is 0.314. The number of fused-ring (bicyclic) bond motifs is 1. The fraction of sp³-hybridized carbons (Fsp3) is 0.200. The zero-order valence-corrected chi connectivity index (χ0v) is 19.0. The van der Waals surface area contributed by atoms with Gasteiger partial charge in [-0.2, -0.15) is 0 Å². The first-order chi connectivity index (χ1) is 15.5. The van der Waals surface area contributed by atoms with Gasteiger partial charge in [0.1, 0.15) is 11.8 Å². The molecule has 1 heterocycles. The molecule has 0 saturated carbocycles. The zero-order chi connectivity index (χ0) is 22.7. The van der Waals surface area contributed by atoms with E-state index >= 15 is 0 Å². The molecule has 0 aliphatic carbocycles. The Morgan fingerprint density at radius 2 is 1.75 bits per heavy atom. The van der Waals surface area contributed by atoms with Gasteiger partial charge in [0.25, 0.3) is 5.91 Å². The Balaban J connectivity index is 1.65. The van der Waals surface area contributed by atoms with Gasteiger partial charge in [0.05, 0.1) is 24.9 Å². The van der Waals surface area contributed by atoms with Crippen molar-refractivity contribution in [2.75, 3.05) is 12.0 Å². The van der Waals surface area contributed by atoms with E-state index in [2.05, 4.69) is 5.32 Å². The Labute approximate surface area is 196 Å². The van der Waals surface area contributed by atoms with Crippen molar-refractivity contribution in [3.63, 3.8) is 0 Å². The van der Waals surface area contributed by atoms with Crippen molar-refractivity contribution in [2.24, 2.45) is 0 Å². The highest BCUT2D eigenvalue weighted by Gasteiger charge is 2.33. The van der Waals surface area contributed by atoms with E-state index in [1.807, 2.05) is 48.5 Å². The molecule has 0 radical (unpaired) electrons. The van der Waals surface area contributed by atoms with E-state index in [-0.39, 0.29) is 11.8 Å². The monoisotopic (exact) mass is 468 g/mol. The van der Waals surface area contributed by atoms with Crippen LogP contribution in [0.2, 0.25) is 10.0 Å². The van der Waals surface area contributed by atoms with Crippen LogP contribution in [0.1, 0.15) is 27.9 Å². The van der Waals surface area contributed by atoms with Crippen LogP contribution in [-0.2, 0) is 17.8 Å². The van der Waals surface area contributed by atoms with Crippen molar-refractivity contribution in [1.82, 2.24) is 5.32 Å². The molecular weight excluding hydrogens is 447 g/mol. The average Bonchev–Trinajstić information content (AvgIpc) is 2.89. The topological polar surface area (TPSA) is 58.6 Å². The first-order valence-corrected chi connectivity index (χ1v) is 11.0. The first kappa shape index (κ1) is 22.2. The summed E-state index contributed by atoms with van der Waals surface area (Å²) in [5, 5.41) is 3.96. The van der Waals surface area contributed by atoms with E-state index in [0.29, 0.717) is 40.7 Å². The molecule has 7 heteroatoms. The van der Waals surface area contributed by atoms with E-state index in [4.69, 9.17) is 27.9 Å². The van der Waals surface area contributed by atoms with Gasteiger partial charge in [0.2, 0.25) is 5.91 Å². The molecule has 3 aromatic carbocycles. The standard InChI is InChI=1S/C25H22Cl2N2O3/c1-32-19-10-6-16(7-11-19)15-29-23-13-9-18(26)14-20(23)24(30)28-22(25(29)31)12-8-17-4-2-3-5-21(17)27/h2-7,9-11,13-14,22H,8,12,15H2,1H3,(H,28,30). The number of amides is 2. The van der Waals surface area contributed by atoms with Crippen LogP contribution in [0.4, 0.5) is 5.69 Å². The lowest BCUT2D eigenvalue weighted by Gasteiger charge is -2.26. The van der Waals surface area contributed by atoms with Crippen molar-refractivity contribution in [3.05, 3.63) is 93.5 Å². The Hall–Kier alpha value is -3.02. The molecule has 0 bridgehead atoms. The van der Waals surface area contributed by atoms with Crippen molar-refractivity contribution in [2.45, 2.75) is 25.4 Å². The summed E-state index contributed by atoms with van der Waals surface area (Å²) in [6, 6.07) is 19.3. The highest BCUT2D eigenvalue weighted by atomic mass is 35.5. The van der Waals surface area contributed by atoms with Crippen LogP contribution in [0, 0.1) is 0 Å². The molecule has 1 aliphatic rings. The molecule has 1 N–H and O–H groups in total. The second-order valence-corrected chi connectivity index (χ2v) is 8.43. The number of methoxy groups -OCH3 is 1. The number of anilines is 1. The van der Waals surface area contributed by atoms with Gasteiger partial charge in [0.15, 0.2) is 0 Å². The summed E-state index contributed by atoms with van der Waals surface area (Å²) in [7, 11) is 1.61. The maximum Gasteiger partial charge on any atom is 0.254 e. The molecule has 1 aliphatic heterocycles. The number of rotatable bonds is 6. The highest BCUT2D eigenvalue weighted by Crippen LogP contribution is 2.30. The summed E-state index contributed by atoms with van der Waals surface area (Å²) in [5.74, 6) is 0.233. The third kappa shape index (κ3) is 4.74. The number of aryl methyl sites for hydroxylation is 1. The van der Waals surface area contributed by atoms with Crippen molar-refractivity contribution < 1.29 is 14.3 Å². The summed E-state index contributed by atoms with van der Waals surface area (Å²) >= 11 is 12.4. The van der Waals surface area contributed by atoms with E-state index < -0.39 is 6.04 Å². The molecule has 4 rings (SSSR count). The van der Waals surface area contributed by atoms with Gasteiger partial charge < -0.3 is 15.0 Å². The molecular formula is C25H22Cl2N2O3. The maximum atomic E-state index is 13.6. The second-order valence-electron chi connectivity index (χ2n) is 7.59. The van der Waals surface area contributed by atoms with E-state index in [1.165, 1.54) is 0 Å². The fourth-order valence-electron chi connectivity index (χ4n) is 3.80. The molecule has 0 aromatic heterocycles. The predicted molar refractivity (Wildman–Crippen MR) is 127 cm³/mol. The van der Waals surface area contributed by atoms with Gasteiger partial charge in [-0.05, 0) is 60.4 Å². The minimum Gasteiger partial charge on any atom is -0.497 e. The second kappa shape index (κ2) is 9.63. The molecule has 164 valence electrons. The predicted octanol–water partition coefficient (Wildman–Crippen LogP) is 5.28. The van der Waals surface area contributed by atoms with Gasteiger partial charge in [-0.3, -0.25) is 9.59 Å². The molecule has 0 saturated heterocycles. The summed E-state index contributed by atoms with van der Waals surface area (Å²) in [6.07, 6.45) is 0.985. The van der Waals surface area contributed by atoms with Gasteiger partial charge >= 0.3 is 0 Å². The molecule has 1 unspecified atom stereocenters. The average molecular weight is 469 g/mol. The first-order valence-electron chi connectivity index (χ1n) is 10.2. The van der Waals surface area contributed by atoms with Crippen LogP contribution in [-0.4, -0.2) is 25.0 Å². The van der Waals surface area contributed by atoms with Crippen molar-refractivity contribution in [1.29, 1.82) is 0 Å². The Bertz CT molecular complexity index is 1150. The van der Waals surface area contributed by atoms with Crippen LogP contribution >= 0.6 is 23.2 Å².